The molecule has 3 N–H and O–H groups in total. The molecule has 23 heavy (non-hydrogen) atoms. The van der Waals surface area contributed by atoms with Crippen LogP contribution >= 0.6 is 0 Å². The van der Waals surface area contributed by atoms with Gasteiger partial charge in [-0.2, -0.15) is 0 Å². The zero-order valence-electron chi connectivity index (χ0n) is 13.3. The molecule has 1 aromatic heterocycles. The van der Waals surface area contributed by atoms with Gasteiger partial charge in [0.25, 0.3) is 0 Å². The van der Waals surface area contributed by atoms with E-state index in [0.29, 0.717) is 12.3 Å². The fourth-order valence-electron chi connectivity index (χ4n) is 1.97. The lowest BCUT2D eigenvalue weighted by Gasteiger charge is -2.12. The molecule has 2 rings (SSSR count). The van der Waals surface area contributed by atoms with E-state index in [1.165, 1.54) is 6.26 Å². The minimum Gasteiger partial charge on any atom is -0.491 e. The normalized spacial score (nSPS) is 12.0. The van der Waals surface area contributed by atoms with Gasteiger partial charge in [-0.15, -0.1) is 0 Å². The average Bonchev–Trinajstić information content (AvgIpc) is 3.06. The minimum absolute atomic E-state index is 0.0838. The molecule has 1 aromatic carbocycles. The molecule has 0 aliphatic carbocycles. The summed E-state index contributed by atoms with van der Waals surface area (Å²) in [6.45, 7) is 4.42. The van der Waals surface area contributed by atoms with Crippen LogP contribution in [0.3, 0.4) is 0 Å². The summed E-state index contributed by atoms with van der Waals surface area (Å²) in [5, 5.41) is 15.1. The van der Waals surface area contributed by atoms with Crippen molar-refractivity contribution in [3.8, 4) is 5.75 Å². The summed E-state index contributed by atoms with van der Waals surface area (Å²) in [6, 6.07) is 10.5. The van der Waals surface area contributed by atoms with Crippen LogP contribution in [0, 0.1) is 0 Å². The smallest absolute Gasteiger partial charge is 0.315 e. The van der Waals surface area contributed by atoms with Crippen LogP contribution in [0.1, 0.15) is 31.3 Å². The molecule has 0 saturated carbocycles. The molecule has 2 aromatic rings. The maximum absolute atomic E-state index is 11.7. The largest absolute Gasteiger partial charge is 0.491 e. The average molecular weight is 318 g/mol. The second-order valence-electron chi connectivity index (χ2n) is 5.41. The first-order valence-corrected chi connectivity index (χ1v) is 7.53. The third-order valence-electron chi connectivity index (χ3n) is 3.08. The molecule has 6 heteroatoms. The predicted molar refractivity (Wildman–Crippen MR) is 86.1 cm³/mol. The summed E-state index contributed by atoms with van der Waals surface area (Å²) in [4.78, 5) is 11.7. The molecule has 0 spiro atoms. The van der Waals surface area contributed by atoms with Crippen LogP contribution in [0.25, 0.3) is 0 Å². The monoisotopic (exact) mass is 318 g/mol. The van der Waals surface area contributed by atoms with Crippen molar-refractivity contribution < 1.29 is 19.1 Å². The van der Waals surface area contributed by atoms with Crippen molar-refractivity contribution in [1.29, 1.82) is 0 Å². The lowest BCUT2D eigenvalue weighted by Crippen LogP contribution is -2.37. The number of carbonyl (C=O) groups excluding carboxylic acids is 1. The SMILES string of the molecule is CC(C)Oc1ccc(CNC(=O)NCC(O)c2ccco2)cc1. The van der Waals surface area contributed by atoms with Gasteiger partial charge in [0.2, 0.25) is 0 Å². The summed E-state index contributed by atoms with van der Waals surface area (Å²) >= 11 is 0. The number of rotatable bonds is 7. The first kappa shape index (κ1) is 16.9. The third-order valence-corrected chi connectivity index (χ3v) is 3.08. The van der Waals surface area contributed by atoms with Crippen molar-refractivity contribution in [3.63, 3.8) is 0 Å². The first-order chi connectivity index (χ1) is 11.0. The van der Waals surface area contributed by atoms with E-state index < -0.39 is 6.10 Å². The van der Waals surface area contributed by atoms with Crippen LogP contribution in [0.2, 0.25) is 0 Å². The molecule has 1 heterocycles. The first-order valence-electron chi connectivity index (χ1n) is 7.53. The van der Waals surface area contributed by atoms with Gasteiger partial charge in [0.05, 0.1) is 18.9 Å². The molecule has 6 nitrogen and oxygen atoms in total. The van der Waals surface area contributed by atoms with E-state index in [9.17, 15) is 9.90 Å². The van der Waals surface area contributed by atoms with E-state index in [0.717, 1.165) is 11.3 Å². The fraction of sp³-hybridized carbons (Fsp3) is 0.353. The number of hydrogen-bond acceptors (Lipinski definition) is 4. The number of carbonyl (C=O) groups is 1. The highest BCUT2D eigenvalue weighted by atomic mass is 16.5. The number of hydrogen-bond donors (Lipinski definition) is 3. The summed E-state index contributed by atoms with van der Waals surface area (Å²) in [7, 11) is 0. The molecule has 1 atom stereocenters. The fourth-order valence-corrected chi connectivity index (χ4v) is 1.97. The zero-order valence-corrected chi connectivity index (χ0v) is 13.3. The van der Waals surface area contributed by atoms with Crippen LogP contribution < -0.4 is 15.4 Å². The minimum atomic E-state index is -0.858. The second kappa shape index (κ2) is 8.24. The molecular formula is C17H22N2O4. The van der Waals surface area contributed by atoms with Crippen molar-refractivity contribution in [2.24, 2.45) is 0 Å². The predicted octanol–water partition coefficient (Wildman–Crippen LogP) is 2.60. The molecule has 0 aliphatic rings. The van der Waals surface area contributed by atoms with Gasteiger partial charge in [-0.3, -0.25) is 0 Å². The van der Waals surface area contributed by atoms with E-state index in [-0.39, 0.29) is 18.7 Å². The molecule has 1 unspecified atom stereocenters. The number of urea groups is 1. The lowest BCUT2D eigenvalue weighted by atomic mass is 10.2. The molecule has 0 fully saturated rings. The van der Waals surface area contributed by atoms with E-state index in [1.807, 2.05) is 38.1 Å². The van der Waals surface area contributed by atoms with Crippen LogP contribution in [0.15, 0.2) is 47.1 Å². The highest BCUT2D eigenvalue weighted by molar-refractivity contribution is 5.73. The van der Waals surface area contributed by atoms with Crippen molar-refractivity contribution in [2.75, 3.05) is 6.54 Å². The van der Waals surface area contributed by atoms with Gasteiger partial charge in [-0.1, -0.05) is 12.1 Å². The van der Waals surface area contributed by atoms with Gasteiger partial charge in [0, 0.05) is 6.54 Å². The number of amides is 2. The zero-order chi connectivity index (χ0) is 16.7. The van der Waals surface area contributed by atoms with Crippen molar-refractivity contribution in [1.82, 2.24) is 10.6 Å². The maximum Gasteiger partial charge on any atom is 0.315 e. The topological polar surface area (TPSA) is 83.7 Å². The second-order valence-corrected chi connectivity index (χ2v) is 5.41. The van der Waals surface area contributed by atoms with Crippen LogP contribution in [0.5, 0.6) is 5.75 Å². The highest BCUT2D eigenvalue weighted by Crippen LogP contribution is 2.14. The number of aliphatic hydroxyl groups excluding tert-OH is 1. The number of furan rings is 1. The van der Waals surface area contributed by atoms with E-state index in [4.69, 9.17) is 9.15 Å². The van der Waals surface area contributed by atoms with Crippen LogP contribution in [0.4, 0.5) is 4.79 Å². The Morgan fingerprint density at radius 1 is 1.22 bits per heavy atom. The Morgan fingerprint density at radius 3 is 2.57 bits per heavy atom. The van der Waals surface area contributed by atoms with Gasteiger partial charge in [0.1, 0.15) is 17.6 Å². The molecule has 0 radical (unpaired) electrons. The van der Waals surface area contributed by atoms with Gasteiger partial charge in [-0.05, 0) is 43.7 Å². The molecule has 0 bridgehead atoms. The number of nitrogens with one attached hydrogen (secondary N) is 2. The van der Waals surface area contributed by atoms with Crippen LogP contribution in [-0.2, 0) is 6.54 Å². The van der Waals surface area contributed by atoms with Gasteiger partial charge in [0.15, 0.2) is 0 Å². The van der Waals surface area contributed by atoms with Crippen molar-refractivity contribution in [3.05, 3.63) is 54.0 Å². The summed E-state index contributed by atoms with van der Waals surface area (Å²) in [5.41, 5.74) is 0.961. The van der Waals surface area contributed by atoms with Gasteiger partial charge < -0.3 is 24.9 Å². The number of ether oxygens (including phenoxy) is 1. The molecule has 0 saturated heterocycles. The van der Waals surface area contributed by atoms with Gasteiger partial charge >= 0.3 is 6.03 Å². The summed E-state index contributed by atoms with van der Waals surface area (Å²) < 4.78 is 10.6. The van der Waals surface area contributed by atoms with Gasteiger partial charge in [-0.25, -0.2) is 4.79 Å². The number of benzene rings is 1. The van der Waals surface area contributed by atoms with E-state index in [2.05, 4.69) is 10.6 Å². The summed E-state index contributed by atoms with van der Waals surface area (Å²) in [5.74, 6) is 1.22. The molecule has 2 amide bonds. The lowest BCUT2D eigenvalue weighted by molar-refractivity contribution is 0.148. The Kier molecular flexibility index (Phi) is 6.05. The van der Waals surface area contributed by atoms with E-state index in [1.54, 1.807) is 12.1 Å². The standard InChI is InChI=1S/C17H22N2O4/c1-12(2)23-14-7-5-13(6-8-14)10-18-17(21)19-11-15(20)16-4-3-9-22-16/h3-9,12,15,20H,10-11H2,1-2H3,(H2,18,19,21). The highest BCUT2D eigenvalue weighted by Gasteiger charge is 2.11. The maximum atomic E-state index is 11.7. The molecule has 0 aliphatic heterocycles. The Morgan fingerprint density at radius 2 is 1.96 bits per heavy atom. The Balaban J connectivity index is 1.71. The third kappa shape index (κ3) is 5.67. The molecule has 124 valence electrons. The van der Waals surface area contributed by atoms with Crippen LogP contribution in [-0.4, -0.2) is 23.8 Å². The number of aliphatic hydroxyl groups is 1. The van der Waals surface area contributed by atoms with Crippen molar-refractivity contribution >= 4 is 6.03 Å². The Hall–Kier alpha value is -2.47. The summed E-state index contributed by atoms with van der Waals surface area (Å²) in [6.07, 6.45) is 0.749. The van der Waals surface area contributed by atoms with Crippen molar-refractivity contribution in [2.45, 2.75) is 32.6 Å². The molecular weight excluding hydrogens is 296 g/mol. The van der Waals surface area contributed by atoms with E-state index >= 15 is 0 Å². The Labute approximate surface area is 135 Å². The Bertz CT molecular complexity index is 594. The quantitative estimate of drug-likeness (QED) is 0.733.